The van der Waals surface area contributed by atoms with E-state index in [4.69, 9.17) is 5.73 Å². The molecule has 2 aromatic rings. The number of guanidine groups is 1. The summed E-state index contributed by atoms with van der Waals surface area (Å²) in [6, 6.07) is 15.7. The SMILES string of the molecule is CN1C(=O)C(c2ccncc2)(C2(C#N)C=CC=C(c3ccccc3)C2)N=C1N. The average molecular weight is 369 g/mol. The third kappa shape index (κ3) is 2.37. The molecular formula is C22H19N5O. The molecule has 1 aromatic heterocycles. The van der Waals surface area contributed by atoms with E-state index in [1.807, 2.05) is 42.5 Å². The topological polar surface area (TPSA) is 95.4 Å². The monoisotopic (exact) mass is 369 g/mol. The minimum Gasteiger partial charge on any atom is -0.369 e. The van der Waals surface area contributed by atoms with Gasteiger partial charge in [-0.2, -0.15) is 5.26 Å². The van der Waals surface area contributed by atoms with E-state index in [-0.39, 0.29) is 11.9 Å². The molecule has 0 radical (unpaired) electrons. The van der Waals surface area contributed by atoms with Crippen molar-refractivity contribution in [3.05, 3.63) is 84.2 Å². The number of pyridine rings is 1. The van der Waals surface area contributed by atoms with E-state index in [0.29, 0.717) is 12.0 Å². The molecule has 1 amide bonds. The second kappa shape index (κ2) is 6.46. The van der Waals surface area contributed by atoms with Gasteiger partial charge >= 0.3 is 0 Å². The molecule has 2 N–H and O–H groups in total. The molecule has 0 fully saturated rings. The van der Waals surface area contributed by atoms with Crippen LogP contribution in [0.25, 0.3) is 5.57 Å². The van der Waals surface area contributed by atoms with Gasteiger partial charge in [-0.1, -0.05) is 48.6 Å². The molecule has 0 spiro atoms. The number of amides is 1. The first kappa shape index (κ1) is 17.7. The molecule has 2 aliphatic rings. The normalized spacial score (nSPS) is 26.6. The van der Waals surface area contributed by atoms with E-state index >= 15 is 0 Å². The van der Waals surface area contributed by atoms with Crippen LogP contribution < -0.4 is 5.73 Å². The fourth-order valence-electron chi connectivity index (χ4n) is 3.97. The van der Waals surface area contributed by atoms with Crippen LogP contribution >= 0.6 is 0 Å². The molecule has 1 aliphatic carbocycles. The molecule has 28 heavy (non-hydrogen) atoms. The summed E-state index contributed by atoms with van der Waals surface area (Å²) in [5.41, 5.74) is 5.92. The van der Waals surface area contributed by atoms with Gasteiger partial charge in [-0.15, -0.1) is 0 Å². The minimum absolute atomic E-state index is 0.0978. The standard InChI is InChI=1S/C22H19N5O/c1-27-19(28)22(26-20(27)24,18-9-12-25-13-10-18)21(15-23)11-5-8-17(14-21)16-6-3-2-4-7-16/h2-13H,14H2,1H3,(H2,24,26). The third-order valence-corrected chi connectivity index (χ3v) is 5.48. The van der Waals surface area contributed by atoms with E-state index in [1.54, 1.807) is 37.7 Å². The summed E-state index contributed by atoms with van der Waals surface area (Å²) < 4.78 is 0. The van der Waals surface area contributed by atoms with Crippen molar-refractivity contribution in [3.8, 4) is 6.07 Å². The van der Waals surface area contributed by atoms with Crippen molar-refractivity contribution >= 4 is 17.4 Å². The zero-order valence-corrected chi connectivity index (χ0v) is 15.4. The summed E-state index contributed by atoms with van der Waals surface area (Å²) >= 11 is 0. The Balaban J connectivity index is 1.92. The number of carbonyl (C=O) groups excluding carboxylic acids is 1. The molecule has 2 atom stereocenters. The number of nitriles is 1. The van der Waals surface area contributed by atoms with E-state index in [9.17, 15) is 10.1 Å². The maximum Gasteiger partial charge on any atom is 0.263 e. The third-order valence-electron chi connectivity index (χ3n) is 5.48. The van der Waals surface area contributed by atoms with Crippen LogP contribution in [0.1, 0.15) is 17.5 Å². The summed E-state index contributed by atoms with van der Waals surface area (Å²) in [6.45, 7) is 0. The Labute approximate surface area is 163 Å². The van der Waals surface area contributed by atoms with Gasteiger partial charge in [-0.05, 0) is 35.3 Å². The molecule has 0 saturated heterocycles. The number of hydrogen-bond donors (Lipinski definition) is 1. The van der Waals surface area contributed by atoms with Crippen molar-refractivity contribution in [3.63, 3.8) is 0 Å². The van der Waals surface area contributed by atoms with Crippen LogP contribution in [0.3, 0.4) is 0 Å². The number of nitrogens with zero attached hydrogens (tertiary/aromatic N) is 4. The Kier molecular flexibility index (Phi) is 4.08. The lowest BCUT2D eigenvalue weighted by Gasteiger charge is -2.40. The first-order valence-corrected chi connectivity index (χ1v) is 8.93. The number of rotatable bonds is 3. The minimum atomic E-state index is -1.46. The van der Waals surface area contributed by atoms with Crippen LogP contribution in [-0.4, -0.2) is 28.8 Å². The number of benzene rings is 1. The first-order chi connectivity index (χ1) is 13.5. The Bertz CT molecular complexity index is 1050. The van der Waals surface area contributed by atoms with Crippen LogP contribution in [-0.2, 0) is 10.3 Å². The van der Waals surface area contributed by atoms with Crippen LogP contribution in [0.4, 0.5) is 0 Å². The van der Waals surface area contributed by atoms with Crippen LogP contribution in [0.5, 0.6) is 0 Å². The van der Waals surface area contributed by atoms with Crippen LogP contribution in [0, 0.1) is 16.7 Å². The van der Waals surface area contributed by atoms with Crippen LogP contribution in [0.2, 0.25) is 0 Å². The Hall–Kier alpha value is -3.72. The molecule has 4 rings (SSSR count). The zero-order valence-electron chi connectivity index (χ0n) is 15.4. The van der Waals surface area contributed by atoms with Gasteiger partial charge in [0.2, 0.25) is 0 Å². The number of aliphatic imine (C=N–C) groups is 1. The molecule has 0 bridgehead atoms. The largest absolute Gasteiger partial charge is 0.369 e. The molecule has 138 valence electrons. The fraction of sp³-hybridized carbons (Fsp3) is 0.182. The van der Waals surface area contributed by atoms with Gasteiger partial charge in [0.1, 0.15) is 5.41 Å². The zero-order chi connectivity index (χ0) is 19.8. The molecule has 2 unspecified atom stereocenters. The summed E-state index contributed by atoms with van der Waals surface area (Å²) in [6.07, 6.45) is 9.10. The van der Waals surface area contributed by atoms with Gasteiger partial charge in [0.15, 0.2) is 11.5 Å². The predicted octanol–water partition coefficient (Wildman–Crippen LogP) is 2.62. The Morgan fingerprint density at radius 3 is 2.50 bits per heavy atom. The number of allylic oxidation sites excluding steroid dienone is 3. The second-order valence-corrected chi connectivity index (χ2v) is 6.96. The van der Waals surface area contributed by atoms with Gasteiger partial charge in [-0.25, -0.2) is 4.99 Å². The number of nitrogens with two attached hydrogens (primary N) is 1. The van der Waals surface area contributed by atoms with E-state index in [1.165, 1.54) is 4.90 Å². The van der Waals surface area contributed by atoms with Crippen molar-refractivity contribution in [2.24, 2.45) is 16.1 Å². The number of hydrogen-bond acceptors (Lipinski definition) is 5. The molecule has 1 aliphatic heterocycles. The predicted molar refractivity (Wildman–Crippen MR) is 107 cm³/mol. The molecule has 0 saturated carbocycles. The molecule has 6 heteroatoms. The van der Waals surface area contributed by atoms with Crippen molar-refractivity contribution in [1.82, 2.24) is 9.88 Å². The van der Waals surface area contributed by atoms with Crippen molar-refractivity contribution in [2.45, 2.75) is 12.0 Å². The summed E-state index contributed by atoms with van der Waals surface area (Å²) in [5.74, 6) is -0.225. The quantitative estimate of drug-likeness (QED) is 0.899. The molecule has 6 nitrogen and oxygen atoms in total. The summed E-state index contributed by atoms with van der Waals surface area (Å²) in [4.78, 5) is 23.4. The lowest BCUT2D eigenvalue weighted by molar-refractivity contribution is -0.133. The highest BCUT2D eigenvalue weighted by atomic mass is 16.2. The molecule has 2 heterocycles. The molecule has 1 aromatic carbocycles. The Morgan fingerprint density at radius 1 is 1.18 bits per heavy atom. The van der Waals surface area contributed by atoms with Crippen molar-refractivity contribution in [1.29, 1.82) is 5.26 Å². The maximum absolute atomic E-state index is 13.5. The lowest BCUT2D eigenvalue weighted by Crippen LogP contribution is -2.51. The van der Waals surface area contributed by atoms with E-state index in [2.05, 4.69) is 16.0 Å². The maximum atomic E-state index is 13.5. The number of aromatic nitrogens is 1. The van der Waals surface area contributed by atoms with E-state index in [0.717, 1.165) is 11.1 Å². The van der Waals surface area contributed by atoms with Crippen molar-refractivity contribution in [2.75, 3.05) is 7.05 Å². The average Bonchev–Trinajstić information content (AvgIpc) is 3.00. The Morgan fingerprint density at radius 2 is 1.89 bits per heavy atom. The van der Waals surface area contributed by atoms with Gasteiger partial charge in [0.25, 0.3) is 5.91 Å². The first-order valence-electron chi connectivity index (χ1n) is 8.93. The fourth-order valence-corrected chi connectivity index (χ4v) is 3.97. The number of likely N-dealkylation sites (N-methyl/N-ethyl adjacent to an activating group) is 1. The van der Waals surface area contributed by atoms with E-state index < -0.39 is 11.0 Å². The molecular weight excluding hydrogens is 350 g/mol. The highest BCUT2D eigenvalue weighted by molar-refractivity contribution is 6.08. The van der Waals surface area contributed by atoms with Gasteiger partial charge < -0.3 is 5.73 Å². The second-order valence-electron chi connectivity index (χ2n) is 6.96. The highest BCUT2D eigenvalue weighted by Gasteiger charge is 2.62. The lowest BCUT2D eigenvalue weighted by atomic mass is 9.61. The van der Waals surface area contributed by atoms with Gasteiger partial charge in [-0.3, -0.25) is 14.7 Å². The smallest absolute Gasteiger partial charge is 0.263 e. The summed E-state index contributed by atoms with van der Waals surface area (Å²) in [5, 5.41) is 10.4. The van der Waals surface area contributed by atoms with Gasteiger partial charge in [0.05, 0.1) is 6.07 Å². The van der Waals surface area contributed by atoms with Crippen molar-refractivity contribution < 1.29 is 4.79 Å². The van der Waals surface area contributed by atoms with Crippen LogP contribution in [0.15, 0.2) is 78.1 Å². The highest BCUT2D eigenvalue weighted by Crippen LogP contribution is 2.53. The van der Waals surface area contributed by atoms with Gasteiger partial charge in [0, 0.05) is 19.4 Å². The number of carbonyl (C=O) groups is 1. The summed E-state index contributed by atoms with van der Waals surface area (Å²) in [7, 11) is 1.58.